The molecule has 0 bridgehead atoms. The van der Waals surface area contributed by atoms with E-state index in [1.165, 1.54) is 10.7 Å². The zero-order chi connectivity index (χ0) is 26.8. The number of non-ortho nitro benzene ring substituents is 1. The molecule has 9 heteroatoms. The Labute approximate surface area is 227 Å². The van der Waals surface area contributed by atoms with Crippen LogP contribution in [0.4, 0.5) is 5.69 Å². The minimum absolute atomic E-state index is 0.0628. The van der Waals surface area contributed by atoms with Gasteiger partial charge < -0.3 is 4.57 Å². The van der Waals surface area contributed by atoms with Crippen LogP contribution >= 0.6 is 15.9 Å². The molecule has 0 N–H and O–H groups in total. The van der Waals surface area contributed by atoms with E-state index in [-0.39, 0.29) is 16.2 Å². The van der Waals surface area contributed by atoms with Crippen molar-refractivity contribution in [2.24, 2.45) is 5.10 Å². The highest BCUT2D eigenvalue weighted by atomic mass is 79.9. The summed E-state index contributed by atoms with van der Waals surface area (Å²) in [5.41, 5.74) is 4.14. The first kappa shape index (κ1) is 25.5. The minimum Gasteiger partial charge on any atom is -0.340 e. The molecule has 2 heterocycles. The predicted octanol–water partition coefficient (Wildman–Crippen LogP) is 6.60. The molecule has 38 heavy (non-hydrogen) atoms. The third kappa shape index (κ3) is 4.89. The van der Waals surface area contributed by atoms with Crippen molar-refractivity contribution in [3.05, 3.63) is 114 Å². The van der Waals surface area contributed by atoms with E-state index in [0.717, 1.165) is 45.0 Å². The standard InChI is InChI=1S/C29H26BrN5O3/c1-3-4-12-28-32-26-14-13-21(30)16-24(26)29(36)34(28)31-17-25-19(2)33(27-11-6-5-10-23(25)27)18-20-8-7-9-22(15-20)35(37)38/h5-11,13-17H,3-4,12,18H2,1-2H3. The molecule has 0 saturated carbocycles. The first-order chi connectivity index (χ1) is 18.4. The molecular formula is C29H26BrN5O3. The molecule has 2 aromatic heterocycles. The van der Waals surface area contributed by atoms with Gasteiger partial charge in [0.15, 0.2) is 0 Å². The second-order valence-electron chi connectivity index (χ2n) is 9.18. The fourth-order valence-electron chi connectivity index (χ4n) is 4.70. The van der Waals surface area contributed by atoms with Crippen LogP contribution in [0.25, 0.3) is 21.8 Å². The maximum Gasteiger partial charge on any atom is 0.282 e. The monoisotopic (exact) mass is 571 g/mol. The fraction of sp³-hybridized carbons (Fsp3) is 0.207. The summed E-state index contributed by atoms with van der Waals surface area (Å²) in [7, 11) is 0. The average molecular weight is 572 g/mol. The smallest absolute Gasteiger partial charge is 0.282 e. The maximum absolute atomic E-state index is 13.5. The molecule has 5 aromatic rings. The van der Waals surface area contributed by atoms with Gasteiger partial charge in [0.2, 0.25) is 0 Å². The van der Waals surface area contributed by atoms with E-state index in [0.29, 0.717) is 29.7 Å². The van der Waals surface area contributed by atoms with Gasteiger partial charge >= 0.3 is 0 Å². The van der Waals surface area contributed by atoms with Gasteiger partial charge in [0.1, 0.15) is 5.82 Å². The van der Waals surface area contributed by atoms with Gasteiger partial charge in [0.25, 0.3) is 11.2 Å². The summed E-state index contributed by atoms with van der Waals surface area (Å²) in [4.78, 5) is 29.2. The Morgan fingerprint density at radius 3 is 2.68 bits per heavy atom. The molecule has 0 aliphatic carbocycles. The van der Waals surface area contributed by atoms with E-state index in [1.807, 2.05) is 49.4 Å². The van der Waals surface area contributed by atoms with Gasteiger partial charge in [-0.05, 0) is 43.2 Å². The zero-order valence-electron chi connectivity index (χ0n) is 21.1. The Kier molecular flexibility index (Phi) is 7.20. The van der Waals surface area contributed by atoms with Crippen LogP contribution in [-0.4, -0.2) is 25.4 Å². The highest BCUT2D eigenvalue weighted by Gasteiger charge is 2.16. The van der Waals surface area contributed by atoms with Crippen LogP contribution in [-0.2, 0) is 13.0 Å². The number of aryl methyl sites for hydroxylation is 1. The number of aromatic nitrogens is 3. The summed E-state index contributed by atoms with van der Waals surface area (Å²) in [5, 5.41) is 17.4. The third-order valence-corrected chi connectivity index (χ3v) is 7.17. The number of fused-ring (bicyclic) bond motifs is 2. The van der Waals surface area contributed by atoms with Crippen molar-refractivity contribution in [2.45, 2.75) is 39.7 Å². The van der Waals surface area contributed by atoms with E-state index in [1.54, 1.807) is 24.4 Å². The van der Waals surface area contributed by atoms with Crippen molar-refractivity contribution in [3.8, 4) is 0 Å². The lowest BCUT2D eigenvalue weighted by Crippen LogP contribution is -2.22. The first-order valence-corrected chi connectivity index (χ1v) is 13.2. The number of rotatable bonds is 8. The van der Waals surface area contributed by atoms with E-state index in [2.05, 4.69) is 32.5 Å². The Morgan fingerprint density at radius 1 is 1.08 bits per heavy atom. The second kappa shape index (κ2) is 10.7. The Balaban J connectivity index is 1.62. The number of nitrogens with zero attached hydrogens (tertiary/aromatic N) is 5. The minimum atomic E-state index is -0.383. The van der Waals surface area contributed by atoms with Crippen LogP contribution in [0.3, 0.4) is 0 Å². The van der Waals surface area contributed by atoms with E-state index < -0.39 is 0 Å². The number of para-hydroxylation sites is 1. The van der Waals surface area contributed by atoms with Gasteiger partial charge in [0, 0.05) is 51.7 Å². The lowest BCUT2D eigenvalue weighted by atomic mass is 10.1. The molecule has 0 fully saturated rings. The van der Waals surface area contributed by atoms with Gasteiger partial charge in [-0.2, -0.15) is 9.78 Å². The van der Waals surface area contributed by atoms with E-state index in [9.17, 15) is 14.9 Å². The summed E-state index contributed by atoms with van der Waals surface area (Å²) in [6.45, 7) is 4.56. The summed E-state index contributed by atoms with van der Waals surface area (Å²) >= 11 is 3.45. The maximum atomic E-state index is 13.5. The van der Waals surface area contributed by atoms with Gasteiger partial charge in [-0.15, -0.1) is 0 Å². The van der Waals surface area contributed by atoms with Gasteiger partial charge in [-0.3, -0.25) is 14.9 Å². The van der Waals surface area contributed by atoms with Crippen LogP contribution in [0.15, 0.2) is 81.1 Å². The summed E-state index contributed by atoms with van der Waals surface area (Å²) in [6.07, 6.45) is 4.24. The number of hydrogen-bond acceptors (Lipinski definition) is 5. The van der Waals surface area contributed by atoms with Crippen molar-refractivity contribution < 1.29 is 4.92 Å². The number of hydrogen-bond donors (Lipinski definition) is 0. The Bertz CT molecular complexity index is 1770. The molecule has 0 atom stereocenters. The molecular weight excluding hydrogens is 546 g/mol. The van der Waals surface area contributed by atoms with Crippen LogP contribution < -0.4 is 5.56 Å². The third-order valence-electron chi connectivity index (χ3n) is 6.67. The second-order valence-corrected chi connectivity index (χ2v) is 10.1. The van der Waals surface area contributed by atoms with Crippen LogP contribution in [0.5, 0.6) is 0 Å². The van der Waals surface area contributed by atoms with Crippen molar-refractivity contribution >= 4 is 49.6 Å². The van der Waals surface area contributed by atoms with Gasteiger partial charge in [-0.25, -0.2) is 4.98 Å². The Morgan fingerprint density at radius 2 is 1.89 bits per heavy atom. The SMILES string of the molecule is CCCCc1nc2ccc(Br)cc2c(=O)n1N=Cc1c(C)n(Cc2cccc([N+](=O)[O-])c2)c2ccccc12. The molecule has 3 aromatic carbocycles. The molecule has 0 spiro atoms. The van der Waals surface area contributed by atoms with Crippen molar-refractivity contribution in [3.63, 3.8) is 0 Å². The number of unbranched alkanes of at least 4 members (excludes halogenated alkanes) is 1. The largest absolute Gasteiger partial charge is 0.340 e. The molecule has 0 amide bonds. The normalized spacial score (nSPS) is 11.7. The number of halogens is 1. The molecule has 192 valence electrons. The highest BCUT2D eigenvalue weighted by Crippen LogP contribution is 2.26. The summed E-state index contributed by atoms with van der Waals surface area (Å²) < 4.78 is 4.34. The van der Waals surface area contributed by atoms with Crippen LogP contribution in [0, 0.1) is 17.0 Å². The van der Waals surface area contributed by atoms with Crippen molar-refractivity contribution in [1.82, 2.24) is 14.2 Å². The van der Waals surface area contributed by atoms with Crippen LogP contribution in [0.2, 0.25) is 0 Å². The predicted molar refractivity (Wildman–Crippen MR) is 154 cm³/mol. The Hall–Kier alpha value is -4.11. The number of nitro benzene ring substituents is 1. The topological polar surface area (TPSA) is 95.3 Å². The molecule has 0 aliphatic rings. The summed E-state index contributed by atoms with van der Waals surface area (Å²) in [6, 6.07) is 20.1. The molecule has 5 rings (SSSR count). The zero-order valence-corrected chi connectivity index (χ0v) is 22.7. The van der Waals surface area contributed by atoms with Crippen molar-refractivity contribution in [2.75, 3.05) is 0 Å². The van der Waals surface area contributed by atoms with Crippen LogP contribution in [0.1, 0.15) is 42.4 Å². The van der Waals surface area contributed by atoms with E-state index >= 15 is 0 Å². The lowest BCUT2D eigenvalue weighted by Gasteiger charge is -2.10. The lowest BCUT2D eigenvalue weighted by molar-refractivity contribution is -0.384. The first-order valence-electron chi connectivity index (χ1n) is 12.4. The summed E-state index contributed by atoms with van der Waals surface area (Å²) in [5.74, 6) is 0.626. The molecule has 0 aliphatic heterocycles. The van der Waals surface area contributed by atoms with E-state index in [4.69, 9.17) is 4.98 Å². The molecule has 0 radical (unpaired) electrons. The van der Waals surface area contributed by atoms with Gasteiger partial charge in [-0.1, -0.05) is 59.6 Å². The van der Waals surface area contributed by atoms with Gasteiger partial charge in [0.05, 0.1) is 22.0 Å². The molecule has 0 unspecified atom stereocenters. The number of nitro groups is 1. The quantitative estimate of drug-likeness (QED) is 0.119. The fourth-order valence-corrected chi connectivity index (χ4v) is 5.06. The van der Waals surface area contributed by atoms with Crippen molar-refractivity contribution in [1.29, 1.82) is 0 Å². The molecule has 0 saturated heterocycles. The molecule has 8 nitrogen and oxygen atoms in total. The average Bonchev–Trinajstić information content (AvgIpc) is 3.18. The highest BCUT2D eigenvalue weighted by molar-refractivity contribution is 9.10. The number of benzene rings is 3.